The minimum absolute atomic E-state index is 0. The van der Waals surface area contributed by atoms with E-state index < -0.39 is 0 Å². The summed E-state index contributed by atoms with van der Waals surface area (Å²) in [7, 11) is 0. The van der Waals surface area contributed by atoms with Gasteiger partial charge in [-0.05, 0) is 0 Å². The van der Waals surface area contributed by atoms with Gasteiger partial charge in [-0.3, -0.25) is 0 Å². The summed E-state index contributed by atoms with van der Waals surface area (Å²) >= 11 is 3.80. The van der Waals surface area contributed by atoms with Crippen LogP contribution in [0.15, 0.2) is 0 Å². The van der Waals surface area contributed by atoms with Crippen molar-refractivity contribution in [3.05, 3.63) is 0 Å². The van der Waals surface area contributed by atoms with Crippen LogP contribution in [0.4, 0.5) is 0 Å². The molecule has 0 rings (SSSR count). The zero-order valence-electron chi connectivity index (χ0n) is 2.82. The molecule has 0 saturated carbocycles. The molecule has 3 heteroatoms. The van der Waals surface area contributed by atoms with E-state index in [4.69, 9.17) is 5.73 Å². The average Bonchev–Trinajstić information content (AvgIpc) is 1.37. The van der Waals surface area contributed by atoms with E-state index in [9.17, 15) is 0 Å². The van der Waals surface area contributed by atoms with Crippen molar-refractivity contribution in [2.45, 2.75) is 0 Å². The highest BCUT2D eigenvalue weighted by atomic mass is 79.9. The van der Waals surface area contributed by atoms with Crippen molar-refractivity contribution in [2.75, 3.05) is 12.3 Å². The predicted molar refractivity (Wildman–Crippen MR) is 22.9 cm³/mol. The number of thiol groups is 1. The SMILES string of the molecule is NCCS.[Br-]. The van der Waals surface area contributed by atoms with Crippen molar-refractivity contribution in [1.29, 1.82) is 0 Å². The number of hydrogen-bond donors (Lipinski definition) is 2. The Hall–Kier alpha value is 0.790. The quantitative estimate of drug-likeness (QED) is 0.387. The summed E-state index contributed by atoms with van der Waals surface area (Å²) < 4.78 is 0. The molecule has 0 amide bonds. The van der Waals surface area contributed by atoms with Crippen molar-refractivity contribution in [1.82, 2.24) is 0 Å². The fraction of sp³-hybridized carbons (Fsp3) is 1.00. The molecule has 0 aromatic rings. The van der Waals surface area contributed by atoms with Crippen LogP contribution in [0.1, 0.15) is 0 Å². The molecular formula is C2H7BrNS-. The molecule has 5 heavy (non-hydrogen) atoms. The molecule has 0 aliphatic carbocycles. The minimum atomic E-state index is 0. The first-order chi connectivity index (χ1) is 1.91. The Morgan fingerprint density at radius 3 is 1.80 bits per heavy atom. The summed E-state index contributed by atoms with van der Waals surface area (Å²) in [5.74, 6) is 0.792. The lowest BCUT2D eigenvalue weighted by atomic mass is 10.8. The number of nitrogens with two attached hydrogens (primary N) is 1. The van der Waals surface area contributed by atoms with Gasteiger partial charge in [0.05, 0.1) is 0 Å². The van der Waals surface area contributed by atoms with Crippen LogP contribution in [-0.4, -0.2) is 12.3 Å². The van der Waals surface area contributed by atoms with Gasteiger partial charge in [0.25, 0.3) is 0 Å². The van der Waals surface area contributed by atoms with Gasteiger partial charge in [-0.15, -0.1) is 0 Å². The Balaban J connectivity index is 0. The molecule has 0 aromatic carbocycles. The van der Waals surface area contributed by atoms with Crippen LogP contribution < -0.4 is 22.7 Å². The maximum absolute atomic E-state index is 4.95. The molecule has 2 N–H and O–H groups in total. The number of hydrogen-bond acceptors (Lipinski definition) is 2. The van der Waals surface area contributed by atoms with Gasteiger partial charge in [0.15, 0.2) is 0 Å². The van der Waals surface area contributed by atoms with Gasteiger partial charge in [-0.2, -0.15) is 12.6 Å². The lowest BCUT2D eigenvalue weighted by Crippen LogP contribution is -3.00. The van der Waals surface area contributed by atoms with Crippen molar-refractivity contribution in [3.8, 4) is 0 Å². The molecule has 0 aromatic heterocycles. The normalized spacial score (nSPS) is 6.00. The molecule has 0 bridgehead atoms. The first-order valence-corrected chi connectivity index (χ1v) is 1.86. The van der Waals surface area contributed by atoms with Crippen molar-refractivity contribution >= 4 is 12.6 Å². The Labute approximate surface area is 48.1 Å². The van der Waals surface area contributed by atoms with E-state index in [1.54, 1.807) is 0 Å². The third-order valence-electron chi connectivity index (χ3n) is 0.129. The van der Waals surface area contributed by atoms with Crippen LogP contribution in [0.25, 0.3) is 0 Å². The second-order valence-electron chi connectivity index (χ2n) is 0.512. The van der Waals surface area contributed by atoms with Crippen molar-refractivity contribution in [2.24, 2.45) is 5.73 Å². The van der Waals surface area contributed by atoms with E-state index in [1.165, 1.54) is 0 Å². The highest BCUT2D eigenvalue weighted by Crippen LogP contribution is 1.58. The van der Waals surface area contributed by atoms with E-state index in [1.807, 2.05) is 0 Å². The van der Waals surface area contributed by atoms with Crippen LogP contribution in [0.5, 0.6) is 0 Å². The van der Waals surface area contributed by atoms with Crippen molar-refractivity contribution < 1.29 is 17.0 Å². The van der Waals surface area contributed by atoms with Gasteiger partial charge < -0.3 is 22.7 Å². The maximum Gasteiger partial charge on any atom is 0.00255 e. The lowest BCUT2D eigenvalue weighted by molar-refractivity contribution is -0.000000888. The summed E-state index contributed by atoms with van der Waals surface area (Å²) in [6, 6.07) is 0. The molecule has 0 atom stereocenters. The molecule has 34 valence electrons. The smallest absolute Gasteiger partial charge is 0.00255 e. The van der Waals surface area contributed by atoms with Gasteiger partial charge in [-0.25, -0.2) is 0 Å². The van der Waals surface area contributed by atoms with Gasteiger partial charge in [-0.1, -0.05) is 0 Å². The Morgan fingerprint density at radius 1 is 1.60 bits per heavy atom. The molecule has 0 heterocycles. The summed E-state index contributed by atoms with van der Waals surface area (Å²) in [6.45, 7) is 0.684. The van der Waals surface area contributed by atoms with E-state index in [2.05, 4.69) is 12.6 Å². The second kappa shape index (κ2) is 8.84. The van der Waals surface area contributed by atoms with E-state index in [-0.39, 0.29) is 17.0 Å². The van der Waals surface area contributed by atoms with Gasteiger partial charge in [0.2, 0.25) is 0 Å². The fourth-order valence-corrected chi connectivity index (χ4v) is 0. The highest BCUT2D eigenvalue weighted by Gasteiger charge is 1.56. The largest absolute Gasteiger partial charge is 1.00 e. The topological polar surface area (TPSA) is 26.0 Å². The molecule has 0 saturated heterocycles. The summed E-state index contributed by atoms with van der Waals surface area (Å²) in [5, 5.41) is 0. The maximum atomic E-state index is 4.95. The number of rotatable bonds is 1. The molecule has 0 unspecified atom stereocenters. The monoisotopic (exact) mass is 156 g/mol. The first-order valence-electron chi connectivity index (χ1n) is 1.22. The number of halogens is 1. The molecule has 0 aliphatic heterocycles. The molecule has 1 nitrogen and oxygen atoms in total. The Morgan fingerprint density at radius 2 is 1.80 bits per heavy atom. The summed E-state index contributed by atoms with van der Waals surface area (Å²) in [4.78, 5) is 0. The van der Waals surface area contributed by atoms with Crippen LogP contribution in [0.2, 0.25) is 0 Å². The second-order valence-corrected chi connectivity index (χ2v) is 0.959. The molecule has 0 radical (unpaired) electrons. The van der Waals surface area contributed by atoms with E-state index in [0.717, 1.165) is 5.75 Å². The Kier molecular flexibility index (Phi) is 16.3. The predicted octanol–water partition coefficient (Wildman–Crippen LogP) is -3.12. The van der Waals surface area contributed by atoms with Crippen LogP contribution >= 0.6 is 12.6 Å². The van der Waals surface area contributed by atoms with Gasteiger partial charge in [0, 0.05) is 12.3 Å². The molecule has 0 spiro atoms. The van der Waals surface area contributed by atoms with Gasteiger partial charge in [0.1, 0.15) is 0 Å². The molecule has 0 fully saturated rings. The van der Waals surface area contributed by atoms with Crippen LogP contribution in [0, 0.1) is 0 Å². The average molecular weight is 157 g/mol. The zero-order valence-corrected chi connectivity index (χ0v) is 5.30. The zero-order chi connectivity index (χ0) is 3.41. The van der Waals surface area contributed by atoms with E-state index >= 15 is 0 Å². The molecular weight excluding hydrogens is 150 g/mol. The van der Waals surface area contributed by atoms with Crippen molar-refractivity contribution in [3.63, 3.8) is 0 Å². The van der Waals surface area contributed by atoms with Gasteiger partial charge >= 0.3 is 0 Å². The summed E-state index contributed by atoms with van der Waals surface area (Å²) in [5.41, 5.74) is 4.95. The first kappa shape index (κ1) is 9.25. The van der Waals surface area contributed by atoms with Crippen LogP contribution in [0.3, 0.4) is 0 Å². The highest BCUT2D eigenvalue weighted by molar-refractivity contribution is 7.80. The third-order valence-corrected chi connectivity index (χ3v) is 0.387. The Bertz CT molecular complexity index is 11.6. The minimum Gasteiger partial charge on any atom is -1.00 e. The summed E-state index contributed by atoms with van der Waals surface area (Å²) in [6.07, 6.45) is 0. The standard InChI is InChI=1S/C2H7NS.BrH/c3-1-2-4;/h4H,1-3H2;1H/p-1. The van der Waals surface area contributed by atoms with E-state index in [0.29, 0.717) is 6.54 Å². The third kappa shape index (κ3) is 11.6. The fourth-order valence-electron chi connectivity index (χ4n) is 0. The van der Waals surface area contributed by atoms with Crippen LogP contribution in [-0.2, 0) is 0 Å². The molecule has 0 aliphatic rings. The lowest BCUT2D eigenvalue weighted by Gasteiger charge is -1.69.